The van der Waals surface area contributed by atoms with Gasteiger partial charge in [-0.1, -0.05) is 11.2 Å². The number of nitrogens with zero attached hydrogens (tertiary/aromatic N) is 3. The number of methoxy groups -OCH3 is 1. The molecule has 4 aromatic rings. The van der Waals surface area contributed by atoms with E-state index < -0.39 is 10.0 Å². The van der Waals surface area contributed by atoms with Gasteiger partial charge in [0.25, 0.3) is 10.0 Å². The highest BCUT2D eigenvalue weighted by Crippen LogP contribution is 2.38. The van der Waals surface area contributed by atoms with Gasteiger partial charge in [-0.2, -0.15) is 0 Å². The van der Waals surface area contributed by atoms with Crippen molar-refractivity contribution < 1.29 is 17.7 Å². The monoisotopic (exact) mass is 521 g/mol. The Morgan fingerprint density at radius 1 is 1.10 bits per heavy atom. The lowest BCUT2D eigenvalue weighted by Gasteiger charge is -2.24. The predicted molar refractivity (Wildman–Crippen MR) is 118 cm³/mol. The van der Waals surface area contributed by atoms with Crippen molar-refractivity contribution in [2.24, 2.45) is 0 Å². The maximum atomic E-state index is 13.7. The molecule has 0 atom stereocenters. The molecule has 0 fully saturated rings. The number of halogens is 1. The zero-order valence-corrected chi connectivity index (χ0v) is 18.5. The first-order valence-electron chi connectivity index (χ1n) is 8.55. The molecular formula is C20H16IN3O4S. The third-order valence-corrected chi connectivity index (χ3v) is 7.03. The van der Waals surface area contributed by atoms with E-state index in [1.165, 1.54) is 16.6 Å². The van der Waals surface area contributed by atoms with E-state index in [1.54, 1.807) is 49.8 Å². The van der Waals surface area contributed by atoms with Crippen LogP contribution in [0, 0.1) is 10.5 Å². The summed E-state index contributed by atoms with van der Waals surface area (Å²) in [5.74, 6) is 0.727. The summed E-state index contributed by atoms with van der Waals surface area (Å²) in [5.41, 5.74) is 1.19. The fourth-order valence-electron chi connectivity index (χ4n) is 3.03. The quantitative estimate of drug-likeness (QED) is 0.355. The molecule has 9 heteroatoms. The van der Waals surface area contributed by atoms with E-state index in [4.69, 9.17) is 9.26 Å². The van der Waals surface area contributed by atoms with Gasteiger partial charge in [0.05, 0.1) is 21.3 Å². The summed E-state index contributed by atoms with van der Waals surface area (Å²) in [4.78, 5) is 4.21. The van der Waals surface area contributed by atoms with Gasteiger partial charge in [0.2, 0.25) is 0 Å². The number of pyridine rings is 1. The standard InChI is InChI=1S/C20H16IN3O4S/c1-13-9-17(21)19(27-2)11-18(13)24(20-6-8-28-23-20)29(25,26)16-4-3-15-12-22-7-5-14(15)10-16/h3-12H,1-2H3. The Bertz CT molecular complexity index is 1290. The maximum Gasteiger partial charge on any atom is 0.270 e. The number of aryl methyl sites for hydroxylation is 1. The molecule has 148 valence electrons. The molecule has 0 saturated heterocycles. The first-order valence-corrected chi connectivity index (χ1v) is 11.1. The Kier molecular flexibility index (Phi) is 5.17. The summed E-state index contributed by atoms with van der Waals surface area (Å²) < 4.78 is 39.8. The molecule has 0 amide bonds. The van der Waals surface area contributed by atoms with Crippen molar-refractivity contribution in [3.8, 4) is 5.75 Å². The molecule has 0 spiro atoms. The fourth-order valence-corrected chi connectivity index (χ4v) is 5.40. The molecule has 2 aromatic carbocycles. The molecule has 2 heterocycles. The highest BCUT2D eigenvalue weighted by molar-refractivity contribution is 14.1. The molecule has 4 rings (SSSR count). The number of sulfonamides is 1. The van der Waals surface area contributed by atoms with E-state index in [0.29, 0.717) is 11.4 Å². The number of rotatable bonds is 5. The van der Waals surface area contributed by atoms with Crippen LogP contribution in [0.5, 0.6) is 5.75 Å². The summed E-state index contributed by atoms with van der Waals surface area (Å²) in [6, 6.07) is 11.7. The fraction of sp³-hybridized carbons (Fsp3) is 0.100. The largest absolute Gasteiger partial charge is 0.496 e. The van der Waals surface area contributed by atoms with Crippen molar-refractivity contribution in [1.82, 2.24) is 10.1 Å². The SMILES string of the molecule is COc1cc(N(c2ccon2)S(=O)(=O)c2ccc3cnccc3c2)c(C)cc1I. The second kappa shape index (κ2) is 7.64. The Morgan fingerprint density at radius 3 is 2.66 bits per heavy atom. The summed E-state index contributed by atoms with van der Waals surface area (Å²) >= 11 is 2.15. The average molecular weight is 521 g/mol. The van der Waals surface area contributed by atoms with Crippen LogP contribution in [0.2, 0.25) is 0 Å². The van der Waals surface area contributed by atoms with Crippen LogP contribution < -0.4 is 9.04 Å². The second-order valence-electron chi connectivity index (χ2n) is 6.28. The molecule has 0 radical (unpaired) electrons. The van der Waals surface area contributed by atoms with E-state index in [2.05, 4.69) is 32.7 Å². The lowest BCUT2D eigenvalue weighted by atomic mass is 10.2. The Morgan fingerprint density at radius 2 is 1.93 bits per heavy atom. The molecule has 0 saturated carbocycles. The van der Waals surface area contributed by atoms with Gasteiger partial charge in [0.1, 0.15) is 12.0 Å². The van der Waals surface area contributed by atoms with Crippen molar-refractivity contribution in [3.63, 3.8) is 0 Å². The topological polar surface area (TPSA) is 85.5 Å². The van der Waals surface area contributed by atoms with Crippen LogP contribution in [0.25, 0.3) is 10.8 Å². The number of ether oxygens (including phenoxy) is 1. The van der Waals surface area contributed by atoms with Gasteiger partial charge >= 0.3 is 0 Å². The van der Waals surface area contributed by atoms with Crippen molar-refractivity contribution in [2.75, 3.05) is 11.4 Å². The lowest BCUT2D eigenvalue weighted by Crippen LogP contribution is -2.27. The van der Waals surface area contributed by atoms with Crippen molar-refractivity contribution in [1.29, 1.82) is 0 Å². The normalized spacial score (nSPS) is 11.6. The highest BCUT2D eigenvalue weighted by atomic mass is 127. The van der Waals surface area contributed by atoms with Crippen LogP contribution in [0.15, 0.2) is 70.5 Å². The molecular weight excluding hydrogens is 505 g/mol. The van der Waals surface area contributed by atoms with Gasteiger partial charge in [-0.3, -0.25) is 4.98 Å². The van der Waals surface area contributed by atoms with Crippen LogP contribution in [0.1, 0.15) is 5.56 Å². The minimum absolute atomic E-state index is 0.135. The van der Waals surface area contributed by atoms with E-state index in [-0.39, 0.29) is 10.7 Å². The van der Waals surface area contributed by atoms with Crippen LogP contribution in [0.3, 0.4) is 0 Å². The minimum atomic E-state index is -4.00. The molecule has 0 aliphatic carbocycles. The number of benzene rings is 2. The summed E-state index contributed by atoms with van der Waals surface area (Å²) in [6.07, 6.45) is 4.65. The maximum absolute atomic E-state index is 13.7. The van der Waals surface area contributed by atoms with Gasteiger partial charge in [-0.25, -0.2) is 12.7 Å². The molecule has 0 bridgehead atoms. The summed E-state index contributed by atoms with van der Waals surface area (Å²) in [7, 11) is -2.45. The van der Waals surface area contributed by atoms with Gasteiger partial charge in [-0.15, -0.1) is 0 Å². The summed E-state index contributed by atoms with van der Waals surface area (Å²) in [6.45, 7) is 1.84. The lowest BCUT2D eigenvalue weighted by molar-refractivity contribution is 0.411. The molecule has 0 aliphatic heterocycles. The van der Waals surface area contributed by atoms with Gasteiger partial charge < -0.3 is 9.26 Å². The van der Waals surface area contributed by atoms with Crippen LogP contribution in [0.4, 0.5) is 11.5 Å². The minimum Gasteiger partial charge on any atom is -0.496 e. The van der Waals surface area contributed by atoms with Gasteiger partial charge in [-0.05, 0) is 64.7 Å². The van der Waals surface area contributed by atoms with E-state index >= 15 is 0 Å². The average Bonchev–Trinajstić information content (AvgIpc) is 3.23. The van der Waals surface area contributed by atoms with Crippen molar-refractivity contribution in [3.05, 3.63) is 70.3 Å². The Labute approximate surface area is 181 Å². The molecule has 0 N–H and O–H groups in total. The van der Waals surface area contributed by atoms with Crippen molar-refractivity contribution >= 4 is 54.9 Å². The Hall–Kier alpha value is -2.66. The molecule has 0 aliphatic rings. The predicted octanol–water partition coefficient (Wildman–Crippen LogP) is 4.67. The van der Waals surface area contributed by atoms with E-state index in [1.807, 2.05) is 13.0 Å². The first-order chi connectivity index (χ1) is 13.9. The zero-order valence-electron chi connectivity index (χ0n) is 15.5. The van der Waals surface area contributed by atoms with Crippen molar-refractivity contribution in [2.45, 2.75) is 11.8 Å². The van der Waals surface area contributed by atoms with Crippen LogP contribution in [-0.2, 0) is 10.0 Å². The number of fused-ring (bicyclic) bond motifs is 1. The first kappa shape index (κ1) is 19.6. The third-order valence-electron chi connectivity index (χ3n) is 4.47. The summed E-state index contributed by atoms with van der Waals surface area (Å²) in [5, 5.41) is 5.51. The number of anilines is 2. The number of aromatic nitrogens is 2. The molecule has 0 unspecified atom stereocenters. The van der Waals surface area contributed by atoms with Crippen LogP contribution >= 0.6 is 22.6 Å². The van der Waals surface area contributed by atoms with E-state index in [0.717, 1.165) is 19.9 Å². The molecule has 29 heavy (non-hydrogen) atoms. The van der Waals surface area contributed by atoms with Crippen LogP contribution in [-0.4, -0.2) is 25.7 Å². The Balaban J connectivity index is 1.94. The third kappa shape index (κ3) is 3.55. The highest BCUT2D eigenvalue weighted by Gasteiger charge is 2.31. The van der Waals surface area contributed by atoms with Gasteiger partial charge in [0.15, 0.2) is 5.82 Å². The second-order valence-corrected chi connectivity index (χ2v) is 9.23. The molecule has 2 aromatic heterocycles. The molecule has 7 nitrogen and oxygen atoms in total. The number of hydrogen-bond acceptors (Lipinski definition) is 6. The van der Waals surface area contributed by atoms with Gasteiger partial charge in [0, 0.05) is 29.9 Å². The smallest absolute Gasteiger partial charge is 0.270 e. The van der Waals surface area contributed by atoms with E-state index in [9.17, 15) is 8.42 Å². The zero-order chi connectivity index (χ0) is 20.6. The number of hydrogen-bond donors (Lipinski definition) is 0.